The van der Waals surface area contributed by atoms with Gasteiger partial charge >= 0.3 is 0 Å². The number of anilines is 1. The van der Waals surface area contributed by atoms with Crippen molar-refractivity contribution in [2.24, 2.45) is 5.41 Å². The maximum absolute atomic E-state index is 14.4. The first-order chi connectivity index (χ1) is 15.5. The minimum atomic E-state index is -0.975. The number of rotatable bonds is 10. The van der Waals surface area contributed by atoms with Crippen molar-refractivity contribution in [2.45, 2.75) is 58.5 Å². The van der Waals surface area contributed by atoms with Gasteiger partial charge in [-0.25, -0.2) is 4.39 Å². The van der Waals surface area contributed by atoms with Crippen LogP contribution in [0.25, 0.3) is 0 Å². The Labute approximate surface area is 193 Å². The summed E-state index contributed by atoms with van der Waals surface area (Å²) in [4.78, 5) is 37.2. The Kier molecular flexibility index (Phi) is 8.91. The zero-order valence-corrected chi connectivity index (χ0v) is 19.2. The fraction of sp³-hybridized carbons (Fsp3) is 0.522. The molecule has 1 aromatic carbocycles. The molecule has 0 bridgehead atoms. The Morgan fingerprint density at radius 1 is 1.33 bits per heavy atom. The molecule has 1 heterocycles. The normalized spacial score (nSPS) is 16.3. The number of nitriles is 1. The molecule has 1 aromatic rings. The Morgan fingerprint density at radius 2 is 2.06 bits per heavy atom. The fourth-order valence-electron chi connectivity index (χ4n) is 3.45. The predicted octanol–water partition coefficient (Wildman–Crippen LogP) is 1.83. The van der Waals surface area contributed by atoms with E-state index in [-0.39, 0.29) is 29.6 Å². The van der Waals surface area contributed by atoms with Gasteiger partial charge in [0.25, 0.3) is 5.91 Å². The molecule has 5 N–H and O–H groups in total. The molecule has 0 aliphatic carbocycles. The summed E-state index contributed by atoms with van der Waals surface area (Å²) >= 11 is 0. The minimum absolute atomic E-state index is 0.0295. The Morgan fingerprint density at radius 3 is 2.67 bits per heavy atom. The molecule has 0 spiro atoms. The van der Waals surface area contributed by atoms with Crippen molar-refractivity contribution in [3.05, 3.63) is 29.6 Å². The molecule has 1 fully saturated rings. The van der Waals surface area contributed by atoms with Crippen LogP contribution >= 0.6 is 0 Å². The van der Waals surface area contributed by atoms with Crippen molar-refractivity contribution in [3.8, 4) is 6.07 Å². The molecule has 1 saturated heterocycles. The highest BCUT2D eigenvalue weighted by molar-refractivity contribution is 6.45. The summed E-state index contributed by atoms with van der Waals surface area (Å²) in [5.74, 6) is -2.03. The van der Waals surface area contributed by atoms with Crippen LogP contribution in [0.2, 0.25) is 0 Å². The Balaban J connectivity index is 2.12. The van der Waals surface area contributed by atoms with Crippen LogP contribution in [0.4, 0.5) is 10.1 Å². The average Bonchev–Trinajstić information content (AvgIpc) is 3.15. The van der Waals surface area contributed by atoms with E-state index in [0.29, 0.717) is 32.4 Å². The molecular formula is C23H31FN6O3. The molecule has 1 aliphatic heterocycles. The standard InChI is InChI=1S/C23H31FN6O3/c1-23(2,3)20(22(33)29-14-12-17(31)28-13-14)30-21(32)18(26)15-8-7-9-16(24)19(15)27-11-6-4-5-10-25/h7-9,14,20,26-27H,4-6,11-13H2,1-3H3,(H,28,31)(H,29,33)(H,30,32). The first-order valence-electron chi connectivity index (χ1n) is 10.9. The van der Waals surface area contributed by atoms with Crippen LogP contribution in [0.3, 0.4) is 0 Å². The summed E-state index contributed by atoms with van der Waals surface area (Å²) in [7, 11) is 0. The van der Waals surface area contributed by atoms with Gasteiger partial charge in [0.1, 0.15) is 17.6 Å². The number of carbonyl (C=O) groups is 3. The minimum Gasteiger partial charge on any atom is -0.382 e. The van der Waals surface area contributed by atoms with E-state index in [1.807, 2.05) is 6.07 Å². The van der Waals surface area contributed by atoms with Gasteiger partial charge in [-0.1, -0.05) is 32.9 Å². The number of benzene rings is 1. The first kappa shape index (κ1) is 25.8. The van der Waals surface area contributed by atoms with E-state index in [0.717, 1.165) is 0 Å². The second kappa shape index (κ2) is 11.4. The monoisotopic (exact) mass is 458 g/mol. The van der Waals surface area contributed by atoms with E-state index in [1.54, 1.807) is 20.8 Å². The third-order valence-corrected chi connectivity index (χ3v) is 5.25. The molecule has 10 heteroatoms. The van der Waals surface area contributed by atoms with E-state index in [1.165, 1.54) is 18.2 Å². The van der Waals surface area contributed by atoms with Gasteiger partial charge in [0, 0.05) is 31.5 Å². The second-order valence-corrected chi connectivity index (χ2v) is 9.07. The molecule has 33 heavy (non-hydrogen) atoms. The number of nitrogens with zero attached hydrogens (tertiary/aromatic N) is 1. The van der Waals surface area contributed by atoms with Gasteiger partial charge in [-0.15, -0.1) is 0 Å². The van der Waals surface area contributed by atoms with Crippen molar-refractivity contribution >= 4 is 29.1 Å². The van der Waals surface area contributed by atoms with Crippen LogP contribution in [-0.2, 0) is 14.4 Å². The van der Waals surface area contributed by atoms with Gasteiger partial charge in [0.15, 0.2) is 0 Å². The molecule has 0 aromatic heterocycles. The number of unbranched alkanes of at least 4 members (excludes halogenated alkanes) is 2. The van der Waals surface area contributed by atoms with Crippen LogP contribution in [0.1, 0.15) is 52.0 Å². The van der Waals surface area contributed by atoms with Crippen molar-refractivity contribution in [1.29, 1.82) is 10.7 Å². The highest BCUT2D eigenvalue weighted by Crippen LogP contribution is 2.23. The molecule has 2 atom stereocenters. The number of carbonyl (C=O) groups excluding carboxylic acids is 3. The summed E-state index contributed by atoms with van der Waals surface area (Å²) in [6.45, 7) is 6.02. The third kappa shape index (κ3) is 7.27. The number of nitrogens with one attached hydrogen (secondary N) is 5. The smallest absolute Gasteiger partial charge is 0.270 e. The zero-order valence-electron chi connectivity index (χ0n) is 19.2. The second-order valence-electron chi connectivity index (χ2n) is 9.07. The molecule has 178 valence electrons. The van der Waals surface area contributed by atoms with Crippen molar-refractivity contribution < 1.29 is 18.8 Å². The van der Waals surface area contributed by atoms with Crippen LogP contribution in [-0.4, -0.2) is 48.6 Å². The lowest BCUT2D eigenvalue weighted by Crippen LogP contribution is -2.56. The molecule has 0 saturated carbocycles. The summed E-state index contributed by atoms with van der Waals surface area (Å²) in [5.41, 5.74) is -1.05. The van der Waals surface area contributed by atoms with E-state index in [4.69, 9.17) is 10.7 Å². The zero-order chi connectivity index (χ0) is 24.6. The van der Waals surface area contributed by atoms with E-state index < -0.39 is 34.8 Å². The average molecular weight is 459 g/mol. The highest BCUT2D eigenvalue weighted by Gasteiger charge is 2.36. The lowest BCUT2D eigenvalue weighted by Gasteiger charge is -2.31. The van der Waals surface area contributed by atoms with Crippen LogP contribution in [0.15, 0.2) is 18.2 Å². The van der Waals surface area contributed by atoms with Crippen molar-refractivity contribution in [1.82, 2.24) is 16.0 Å². The van der Waals surface area contributed by atoms with Gasteiger partial charge in [-0.3, -0.25) is 19.8 Å². The van der Waals surface area contributed by atoms with Gasteiger partial charge in [-0.05, 0) is 24.3 Å². The van der Waals surface area contributed by atoms with E-state index >= 15 is 0 Å². The lowest BCUT2D eigenvalue weighted by molar-refractivity contribution is -0.129. The summed E-state index contributed by atoms with van der Waals surface area (Å²) in [6, 6.07) is 4.80. The fourth-order valence-corrected chi connectivity index (χ4v) is 3.45. The highest BCUT2D eigenvalue weighted by atomic mass is 19.1. The molecule has 0 radical (unpaired) electrons. The number of halogens is 1. The lowest BCUT2D eigenvalue weighted by atomic mass is 9.85. The molecule has 2 rings (SSSR count). The number of amides is 3. The molecular weight excluding hydrogens is 427 g/mol. The number of hydrogen-bond acceptors (Lipinski definition) is 6. The maximum atomic E-state index is 14.4. The largest absolute Gasteiger partial charge is 0.382 e. The SMILES string of the molecule is CC(C)(C)C(NC(=O)C(=N)c1cccc(F)c1NCCCCC#N)C(=O)NC1CNC(=O)C1. The Bertz CT molecular complexity index is 950. The van der Waals surface area contributed by atoms with Crippen molar-refractivity contribution in [3.63, 3.8) is 0 Å². The molecule has 2 unspecified atom stereocenters. The summed E-state index contributed by atoms with van der Waals surface area (Å²) in [5, 5.41) is 27.9. The quantitative estimate of drug-likeness (QED) is 0.268. The molecule has 3 amide bonds. The predicted molar refractivity (Wildman–Crippen MR) is 122 cm³/mol. The van der Waals surface area contributed by atoms with Crippen LogP contribution in [0.5, 0.6) is 0 Å². The van der Waals surface area contributed by atoms with E-state index in [9.17, 15) is 18.8 Å². The summed E-state index contributed by atoms with van der Waals surface area (Å²) < 4.78 is 14.4. The maximum Gasteiger partial charge on any atom is 0.270 e. The third-order valence-electron chi connectivity index (χ3n) is 5.25. The van der Waals surface area contributed by atoms with Crippen molar-refractivity contribution in [2.75, 3.05) is 18.4 Å². The first-order valence-corrected chi connectivity index (χ1v) is 10.9. The van der Waals surface area contributed by atoms with Gasteiger partial charge in [-0.2, -0.15) is 5.26 Å². The topological polar surface area (TPSA) is 147 Å². The van der Waals surface area contributed by atoms with Crippen LogP contribution < -0.4 is 21.3 Å². The summed E-state index contributed by atoms with van der Waals surface area (Å²) in [6.07, 6.45) is 1.84. The van der Waals surface area contributed by atoms with Crippen LogP contribution in [0, 0.1) is 28.0 Å². The number of para-hydroxylation sites is 1. The van der Waals surface area contributed by atoms with Gasteiger partial charge < -0.3 is 21.3 Å². The number of hydrogen-bond donors (Lipinski definition) is 5. The van der Waals surface area contributed by atoms with E-state index in [2.05, 4.69) is 21.3 Å². The Hall–Kier alpha value is -3.48. The molecule has 1 aliphatic rings. The molecule has 9 nitrogen and oxygen atoms in total. The van der Waals surface area contributed by atoms with Gasteiger partial charge in [0.05, 0.1) is 17.8 Å². The van der Waals surface area contributed by atoms with Gasteiger partial charge in [0.2, 0.25) is 11.8 Å².